The van der Waals surface area contributed by atoms with E-state index in [1.54, 1.807) is 0 Å². The molecule has 20 heavy (non-hydrogen) atoms. The maximum Gasteiger partial charge on any atom is 0.123 e. The van der Waals surface area contributed by atoms with Gasteiger partial charge in [0.25, 0.3) is 0 Å². The average molecular weight is 286 g/mol. The average Bonchev–Trinajstić information content (AvgIpc) is 2.82. The summed E-state index contributed by atoms with van der Waals surface area (Å²) in [6, 6.07) is 11.0. The van der Waals surface area contributed by atoms with Crippen LogP contribution in [-0.2, 0) is 6.42 Å². The normalized spacial score (nSPS) is 20.6. The van der Waals surface area contributed by atoms with Crippen LogP contribution in [0.25, 0.3) is 10.6 Å². The number of nitrogens with one attached hydrogen (secondary N) is 1. The summed E-state index contributed by atoms with van der Waals surface area (Å²) >= 11 is 1.86. The summed E-state index contributed by atoms with van der Waals surface area (Å²) in [5.74, 6) is 0. The van der Waals surface area contributed by atoms with E-state index in [0.717, 1.165) is 18.0 Å². The summed E-state index contributed by atoms with van der Waals surface area (Å²) < 4.78 is 0. The van der Waals surface area contributed by atoms with Crippen LogP contribution < -0.4 is 5.32 Å². The van der Waals surface area contributed by atoms with Gasteiger partial charge in [-0.05, 0) is 24.8 Å². The molecule has 1 atom stereocenters. The number of thiazole rings is 1. The van der Waals surface area contributed by atoms with Gasteiger partial charge in [0.05, 0.1) is 5.69 Å². The van der Waals surface area contributed by atoms with E-state index in [0.29, 0.717) is 11.5 Å². The SMILES string of the molecule is CCNC1CC(C)(C)Cc2nc(-c3ccccc3)sc21. The number of nitrogens with zero attached hydrogens (tertiary/aromatic N) is 1. The quantitative estimate of drug-likeness (QED) is 0.902. The number of aromatic nitrogens is 1. The number of hydrogen-bond donors (Lipinski definition) is 1. The molecule has 1 aliphatic rings. The van der Waals surface area contributed by atoms with E-state index in [2.05, 4.69) is 56.4 Å². The Balaban J connectivity index is 2.00. The molecule has 1 aromatic carbocycles. The molecule has 3 heteroatoms. The summed E-state index contributed by atoms with van der Waals surface area (Å²) in [6.45, 7) is 7.89. The van der Waals surface area contributed by atoms with Crippen molar-refractivity contribution in [2.24, 2.45) is 5.41 Å². The molecule has 3 rings (SSSR count). The van der Waals surface area contributed by atoms with Crippen molar-refractivity contribution < 1.29 is 0 Å². The molecule has 0 spiro atoms. The molecular formula is C17H22N2S. The third-order valence-corrected chi connectivity index (χ3v) is 5.18. The van der Waals surface area contributed by atoms with Gasteiger partial charge in [-0.2, -0.15) is 0 Å². The first-order valence-corrected chi connectivity index (χ1v) is 8.19. The molecule has 1 N–H and O–H groups in total. The zero-order valence-electron chi connectivity index (χ0n) is 12.4. The van der Waals surface area contributed by atoms with Crippen molar-refractivity contribution in [3.63, 3.8) is 0 Å². The molecule has 2 aromatic rings. The highest BCUT2D eigenvalue weighted by molar-refractivity contribution is 7.15. The zero-order valence-corrected chi connectivity index (χ0v) is 13.3. The van der Waals surface area contributed by atoms with E-state index in [4.69, 9.17) is 4.98 Å². The number of fused-ring (bicyclic) bond motifs is 1. The Bertz CT molecular complexity index is 586. The van der Waals surface area contributed by atoms with Crippen molar-refractivity contribution >= 4 is 11.3 Å². The number of hydrogen-bond acceptors (Lipinski definition) is 3. The monoisotopic (exact) mass is 286 g/mol. The van der Waals surface area contributed by atoms with Gasteiger partial charge in [0.2, 0.25) is 0 Å². The third kappa shape index (κ3) is 2.65. The highest BCUT2D eigenvalue weighted by Gasteiger charge is 2.34. The highest BCUT2D eigenvalue weighted by Crippen LogP contribution is 2.44. The van der Waals surface area contributed by atoms with Crippen molar-refractivity contribution in [3.05, 3.63) is 40.9 Å². The van der Waals surface area contributed by atoms with Crippen molar-refractivity contribution in [3.8, 4) is 10.6 Å². The Labute approximate surface area is 125 Å². The standard InChI is InChI=1S/C17H22N2S/c1-4-18-13-10-17(2,3)11-14-15(13)20-16(19-14)12-8-6-5-7-9-12/h5-9,13,18H,4,10-11H2,1-3H3. The Morgan fingerprint density at radius 3 is 2.75 bits per heavy atom. The van der Waals surface area contributed by atoms with Crippen LogP contribution in [0.15, 0.2) is 30.3 Å². The van der Waals surface area contributed by atoms with E-state index >= 15 is 0 Å². The van der Waals surface area contributed by atoms with Crippen LogP contribution in [0.3, 0.4) is 0 Å². The molecule has 2 nitrogen and oxygen atoms in total. The van der Waals surface area contributed by atoms with E-state index in [-0.39, 0.29) is 0 Å². The van der Waals surface area contributed by atoms with Gasteiger partial charge in [-0.3, -0.25) is 0 Å². The lowest BCUT2D eigenvalue weighted by Crippen LogP contribution is -2.32. The summed E-state index contributed by atoms with van der Waals surface area (Å²) in [5.41, 5.74) is 2.87. The van der Waals surface area contributed by atoms with Gasteiger partial charge in [-0.25, -0.2) is 4.98 Å². The topological polar surface area (TPSA) is 24.9 Å². The molecule has 1 heterocycles. The highest BCUT2D eigenvalue weighted by atomic mass is 32.1. The van der Waals surface area contributed by atoms with E-state index < -0.39 is 0 Å². The minimum atomic E-state index is 0.335. The summed E-state index contributed by atoms with van der Waals surface area (Å²) in [5, 5.41) is 4.79. The van der Waals surface area contributed by atoms with Gasteiger partial charge >= 0.3 is 0 Å². The third-order valence-electron chi connectivity index (χ3n) is 3.92. The van der Waals surface area contributed by atoms with Gasteiger partial charge < -0.3 is 5.32 Å². The van der Waals surface area contributed by atoms with Crippen LogP contribution in [0.1, 0.15) is 43.8 Å². The van der Waals surface area contributed by atoms with Crippen molar-refractivity contribution in [2.75, 3.05) is 6.54 Å². The molecule has 0 amide bonds. The van der Waals surface area contributed by atoms with E-state index in [9.17, 15) is 0 Å². The van der Waals surface area contributed by atoms with E-state index in [1.165, 1.54) is 22.6 Å². The second-order valence-electron chi connectivity index (χ2n) is 6.35. The smallest absolute Gasteiger partial charge is 0.123 e. The Kier molecular flexibility index (Phi) is 3.65. The first-order chi connectivity index (χ1) is 9.59. The Morgan fingerprint density at radius 1 is 1.30 bits per heavy atom. The molecule has 0 fully saturated rings. The predicted molar refractivity (Wildman–Crippen MR) is 86.1 cm³/mol. The van der Waals surface area contributed by atoms with Crippen LogP contribution in [0.5, 0.6) is 0 Å². The Hall–Kier alpha value is -1.19. The van der Waals surface area contributed by atoms with Crippen LogP contribution in [0.2, 0.25) is 0 Å². The molecular weight excluding hydrogens is 264 g/mol. The number of benzene rings is 1. The van der Waals surface area contributed by atoms with Crippen molar-refractivity contribution in [2.45, 2.75) is 39.7 Å². The van der Waals surface area contributed by atoms with Crippen LogP contribution in [-0.4, -0.2) is 11.5 Å². The van der Waals surface area contributed by atoms with Crippen molar-refractivity contribution in [1.29, 1.82) is 0 Å². The maximum absolute atomic E-state index is 4.93. The summed E-state index contributed by atoms with van der Waals surface area (Å²) in [6.07, 6.45) is 2.29. The maximum atomic E-state index is 4.93. The lowest BCUT2D eigenvalue weighted by molar-refractivity contribution is 0.260. The molecule has 0 aliphatic heterocycles. The molecule has 0 radical (unpaired) electrons. The fourth-order valence-corrected chi connectivity index (χ4v) is 4.21. The minimum absolute atomic E-state index is 0.335. The molecule has 106 valence electrons. The zero-order chi connectivity index (χ0) is 14.2. The molecule has 1 aromatic heterocycles. The molecule has 1 aliphatic carbocycles. The molecule has 0 saturated heterocycles. The van der Waals surface area contributed by atoms with Crippen LogP contribution >= 0.6 is 11.3 Å². The minimum Gasteiger partial charge on any atom is -0.309 e. The predicted octanol–water partition coefficient (Wildman–Crippen LogP) is 4.43. The van der Waals surface area contributed by atoms with Crippen LogP contribution in [0.4, 0.5) is 0 Å². The molecule has 1 unspecified atom stereocenters. The lowest BCUT2D eigenvalue weighted by Gasteiger charge is -2.34. The fourth-order valence-electron chi connectivity index (χ4n) is 3.05. The number of rotatable bonds is 3. The largest absolute Gasteiger partial charge is 0.309 e. The second-order valence-corrected chi connectivity index (χ2v) is 7.38. The molecule has 0 saturated carbocycles. The fraction of sp³-hybridized carbons (Fsp3) is 0.471. The van der Waals surface area contributed by atoms with Gasteiger partial charge in [0, 0.05) is 16.5 Å². The summed E-state index contributed by atoms with van der Waals surface area (Å²) in [7, 11) is 0. The van der Waals surface area contributed by atoms with Gasteiger partial charge in [-0.1, -0.05) is 51.1 Å². The van der Waals surface area contributed by atoms with Crippen molar-refractivity contribution in [1.82, 2.24) is 10.3 Å². The lowest BCUT2D eigenvalue weighted by atomic mass is 9.76. The first-order valence-electron chi connectivity index (χ1n) is 7.37. The second kappa shape index (κ2) is 5.30. The van der Waals surface area contributed by atoms with E-state index in [1.807, 2.05) is 11.3 Å². The van der Waals surface area contributed by atoms with Gasteiger partial charge in [0.15, 0.2) is 0 Å². The summed E-state index contributed by atoms with van der Waals surface area (Å²) in [4.78, 5) is 6.38. The Morgan fingerprint density at radius 2 is 2.05 bits per heavy atom. The molecule has 0 bridgehead atoms. The first kappa shape index (κ1) is 13.8. The van der Waals surface area contributed by atoms with Gasteiger partial charge in [-0.15, -0.1) is 11.3 Å². The van der Waals surface area contributed by atoms with Crippen LogP contribution in [0, 0.1) is 5.41 Å². The van der Waals surface area contributed by atoms with Gasteiger partial charge in [0.1, 0.15) is 5.01 Å².